The van der Waals surface area contributed by atoms with Crippen molar-refractivity contribution < 1.29 is 23.4 Å². The molecule has 0 radical (unpaired) electrons. The Kier molecular flexibility index (Phi) is 5.38. The molecule has 0 spiro atoms. The molecule has 0 atom stereocenters. The third-order valence-electron chi connectivity index (χ3n) is 6.20. The first-order valence-electron chi connectivity index (χ1n) is 11.4. The quantitative estimate of drug-likeness (QED) is 0.430. The summed E-state index contributed by atoms with van der Waals surface area (Å²) >= 11 is 0. The van der Waals surface area contributed by atoms with Crippen LogP contribution < -0.4 is 9.64 Å². The number of anilines is 1. The number of ether oxygens (including phenoxy) is 3. The largest absolute Gasteiger partial charge is 0.464 e. The lowest BCUT2D eigenvalue weighted by molar-refractivity contribution is 0.122. The number of aromatic nitrogens is 2. The van der Waals surface area contributed by atoms with Crippen molar-refractivity contribution in [3.8, 4) is 17.1 Å². The number of carbonyl (C=O) groups is 1. The van der Waals surface area contributed by atoms with Gasteiger partial charge in [0.15, 0.2) is 0 Å². The van der Waals surface area contributed by atoms with E-state index in [9.17, 15) is 4.79 Å². The van der Waals surface area contributed by atoms with E-state index in [-0.39, 0.29) is 6.09 Å². The standard InChI is InChI=1S/C25H24N4O5/c30-25-29(10-14-33-25)9-13-32-24-26-21-6-5-17(20-16-34-22-4-2-1-3-18(20)22)15-19(21)23(27-24)28-7-11-31-12-8-28/h1-6,15-16H,7-14H2. The lowest BCUT2D eigenvalue weighted by atomic mass is 10.0. The first kappa shape index (κ1) is 20.7. The van der Waals surface area contributed by atoms with Crippen molar-refractivity contribution in [2.45, 2.75) is 0 Å². The number of hydrogen-bond donors (Lipinski definition) is 0. The monoisotopic (exact) mass is 460 g/mol. The number of amides is 1. The van der Waals surface area contributed by atoms with Gasteiger partial charge in [-0.05, 0) is 23.8 Å². The number of para-hydroxylation sites is 1. The summed E-state index contributed by atoms with van der Waals surface area (Å²) in [7, 11) is 0. The molecule has 4 aromatic rings. The van der Waals surface area contributed by atoms with Gasteiger partial charge >= 0.3 is 12.1 Å². The number of morpholine rings is 1. The van der Waals surface area contributed by atoms with Gasteiger partial charge in [0.1, 0.15) is 24.6 Å². The average Bonchev–Trinajstić information content (AvgIpc) is 3.50. The molecule has 34 heavy (non-hydrogen) atoms. The van der Waals surface area contributed by atoms with Gasteiger partial charge in [-0.1, -0.05) is 24.3 Å². The van der Waals surface area contributed by atoms with Crippen molar-refractivity contribution in [2.75, 3.05) is 57.5 Å². The maximum absolute atomic E-state index is 11.7. The van der Waals surface area contributed by atoms with E-state index in [1.54, 1.807) is 11.2 Å². The fraction of sp³-hybridized carbons (Fsp3) is 0.320. The van der Waals surface area contributed by atoms with Crippen LogP contribution in [-0.2, 0) is 9.47 Å². The fourth-order valence-electron chi connectivity index (χ4n) is 4.42. The van der Waals surface area contributed by atoms with E-state index in [1.165, 1.54) is 0 Å². The molecule has 0 aliphatic carbocycles. The summed E-state index contributed by atoms with van der Waals surface area (Å²) in [6.45, 7) is 4.48. The number of cyclic esters (lactones) is 1. The van der Waals surface area contributed by atoms with Gasteiger partial charge in [0.05, 0.1) is 38.1 Å². The highest BCUT2D eigenvalue weighted by Crippen LogP contribution is 2.35. The Balaban J connectivity index is 1.35. The highest BCUT2D eigenvalue weighted by Gasteiger charge is 2.22. The molecule has 2 aromatic heterocycles. The smallest absolute Gasteiger partial charge is 0.410 e. The van der Waals surface area contributed by atoms with Crippen LogP contribution in [0.2, 0.25) is 0 Å². The number of nitrogens with zero attached hydrogens (tertiary/aromatic N) is 4. The third-order valence-corrected chi connectivity index (χ3v) is 6.20. The number of hydrogen-bond acceptors (Lipinski definition) is 8. The minimum Gasteiger partial charge on any atom is -0.464 e. The molecule has 0 N–H and O–H groups in total. The highest BCUT2D eigenvalue weighted by molar-refractivity contribution is 5.99. The summed E-state index contributed by atoms with van der Waals surface area (Å²) in [5.41, 5.74) is 3.72. The molecule has 4 heterocycles. The third kappa shape index (κ3) is 3.88. The van der Waals surface area contributed by atoms with Gasteiger partial charge in [-0.25, -0.2) is 4.79 Å². The molecule has 0 saturated carbocycles. The zero-order valence-corrected chi connectivity index (χ0v) is 18.6. The minimum atomic E-state index is -0.309. The second-order valence-electron chi connectivity index (χ2n) is 8.26. The molecule has 2 saturated heterocycles. The van der Waals surface area contributed by atoms with Gasteiger partial charge in [0.2, 0.25) is 0 Å². The Morgan fingerprint density at radius 2 is 1.85 bits per heavy atom. The molecule has 9 heteroatoms. The number of rotatable bonds is 6. The Bertz CT molecular complexity index is 1350. The van der Waals surface area contributed by atoms with Crippen LogP contribution in [-0.4, -0.2) is 73.6 Å². The van der Waals surface area contributed by atoms with Gasteiger partial charge < -0.3 is 28.4 Å². The van der Waals surface area contributed by atoms with E-state index < -0.39 is 0 Å². The van der Waals surface area contributed by atoms with Gasteiger partial charge in [-0.2, -0.15) is 9.97 Å². The zero-order chi connectivity index (χ0) is 22.9. The van der Waals surface area contributed by atoms with Crippen molar-refractivity contribution in [1.82, 2.24) is 14.9 Å². The summed E-state index contributed by atoms with van der Waals surface area (Å²) in [6.07, 6.45) is 1.48. The summed E-state index contributed by atoms with van der Waals surface area (Å²) in [6, 6.07) is 14.4. The summed E-state index contributed by atoms with van der Waals surface area (Å²) in [5, 5.41) is 2.01. The van der Waals surface area contributed by atoms with Gasteiger partial charge in [-0.3, -0.25) is 0 Å². The number of carbonyl (C=O) groups excluding carboxylic acids is 1. The second kappa shape index (κ2) is 8.83. The predicted molar refractivity (Wildman–Crippen MR) is 126 cm³/mol. The number of furan rings is 1. The maximum Gasteiger partial charge on any atom is 0.410 e. The number of benzene rings is 2. The molecular formula is C25H24N4O5. The normalized spacial score (nSPS) is 16.4. The van der Waals surface area contributed by atoms with Crippen LogP contribution in [0.1, 0.15) is 0 Å². The maximum atomic E-state index is 11.7. The molecule has 6 rings (SSSR count). The molecular weight excluding hydrogens is 436 g/mol. The molecule has 1 amide bonds. The first-order valence-corrected chi connectivity index (χ1v) is 11.4. The van der Waals surface area contributed by atoms with Crippen molar-refractivity contribution in [3.05, 3.63) is 48.7 Å². The van der Waals surface area contributed by atoms with Crippen molar-refractivity contribution in [1.29, 1.82) is 0 Å². The van der Waals surface area contributed by atoms with Crippen molar-refractivity contribution >= 4 is 33.8 Å². The summed E-state index contributed by atoms with van der Waals surface area (Å²) < 4.78 is 22.1. The number of fused-ring (bicyclic) bond motifs is 2. The Labute approximate surface area is 195 Å². The lowest BCUT2D eigenvalue weighted by Crippen LogP contribution is -2.37. The van der Waals surface area contributed by atoms with Crippen LogP contribution in [0.25, 0.3) is 33.0 Å². The average molecular weight is 460 g/mol. The van der Waals surface area contributed by atoms with E-state index >= 15 is 0 Å². The van der Waals surface area contributed by atoms with E-state index in [0.717, 1.165) is 51.9 Å². The van der Waals surface area contributed by atoms with Crippen LogP contribution in [0, 0.1) is 0 Å². The molecule has 0 unspecified atom stereocenters. The van der Waals surface area contributed by atoms with Crippen LogP contribution >= 0.6 is 0 Å². The Hall–Kier alpha value is -3.85. The minimum absolute atomic E-state index is 0.294. The van der Waals surface area contributed by atoms with Gasteiger partial charge in [0, 0.05) is 29.4 Å². The van der Waals surface area contributed by atoms with E-state index in [0.29, 0.717) is 45.5 Å². The van der Waals surface area contributed by atoms with Crippen LogP contribution in [0.5, 0.6) is 6.01 Å². The Morgan fingerprint density at radius 3 is 2.71 bits per heavy atom. The van der Waals surface area contributed by atoms with E-state index in [4.69, 9.17) is 23.6 Å². The SMILES string of the molecule is O=C1OCCN1CCOc1nc(N2CCOCC2)c2cc(-c3coc4ccccc34)ccc2n1. The lowest BCUT2D eigenvalue weighted by Gasteiger charge is -2.29. The summed E-state index contributed by atoms with van der Waals surface area (Å²) in [4.78, 5) is 24.9. The van der Waals surface area contributed by atoms with Crippen LogP contribution in [0.15, 0.2) is 53.1 Å². The summed E-state index contributed by atoms with van der Waals surface area (Å²) in [5.74, 6) is 0.818. The zero-order valence-electron chi connectivity index (χ0n) is 18.6. The van der Waals surface area contributed by atoms with E-state index in [2.05, 4.69) is 22.0 Å². The van der Waals surface area contributed by atoms with Crippen molar-refractivity contribution in [3.63, 3.8) is 0 Å². The molecule has 9 nitrogen and oxygen atoms in total. The van der Waals surface area contributed by atoms with Gasteiger partial charge in [0.25, 0.3) is 0 Å². The highest BCUT2D eigenvalue weighted by atomic mass is 16.6. The molecule has 2 aliphatic rings. The predicted octanol–water partition coefficient (Wildman–Crippen LogP) is 3.71. The van der Waals surface area contributed by atoms with E-state index in [1.807, 2.05) is 30.3 Å². The molecule has 0 bridgehead atoms. The molecule has 2 aliphatic heterocycles. The molecule has 174 valence electrons. The topological polar surface area (TPSA) is 90.2 Å². The molecule has 2 aromatic carbocycles. The fourth-order valence-corrected chi connectivity index (χ4v) is 4.42. The van der Waals surface area contributed by atoms with Gasteiger partial charge in [-0.15, -0.1) is 0 Å². The first-order chi connectivity index (χ1) is 16.8. The second-order valence-corrected chi connectivity index (χ2v) is 8.26. The van der Waals surface area contributed by atoms with Crippen molar-refractivity contribution in [2.24, 2.45) is 0 Å². The Morgan fingerprint density at radius 1 is 0.971 bits per heavy atom. The van der Waals surface area contributed by atoms with Crippen LogP contribution in [0.4, 0.5) is 10.6 Å². The van der Waals surface area contributed by atoms with Crippen LogP contribution in [0.3, 0.4) is 0 Å². The molecule has 2 fully saturated rings.